The quantitative estimate of drug-likeness (QED) is 0.913. The van der Waals surface area contributed by atoms with Gasteiger partial charge in [-0.1, -0.05) is 28.1 Å². The first kappa shape index (κ1) is 11.9. The Balaban J connectivity index is 2.08. The van der Waals surface area contributed by atoms with Gasteiger partial charge in [-0.25, -0.2) is 9.97 Å². The molecule has 0 saturated heterocycles. The van der Waals surface area contributed by atoms with E-state index in [-0.39, 0.29) is 6.04 Å². The summed E-state index contributed by atoms with van der Waals surface area (Å²) in [5, 5.41) is 3.26. The molecule has 1 heterocycles. The fourth-order valence-corrected chi connectivity index (χ4v) is 1.73. The van der Waals surface area contributed by atoms with Gasteiger partial charge >= 0.3 is 0 Å². The van der Waals surface area contributed by atoms with Crippen LogP contribution < -0.4 is 11.1 Å². The van der Waals surface area contributed by atoms with E-state index in [0.717, 1.165) is 10.3 Å². The molecule has 1 aromatic carbocycles. The van der Waals surface area contributed by atoms with Crippen LogP contribution in [-0.2, 0) is 0 Å². The molecule has 2 aromatic rings. The summed E-state index contributed by atoms with van der Waals surface area (Å²) in [4.78, 5) is 8.14. The van der Waals surface area contributed by atoms with Crippen LogP contribution in [0.5, 0.6) is 0 Å². The van der Waals surface area contributed by atoms with Gasteiger partial charge < -0.3 is 11.1 Å². The van der Waals surface area contributed by atoms with Crippen molar-refractivity contribution in [3.63, 3.8) is 0 Å². The molecule has 0 fully saturated rings. The molecule has 1 aromatic heterocycles. The van der Waals surface area contributed by atoms with Crippen molar-refractivity contribution < 1.29 is 0 Å². The molecule has 3 N–H and O–H groups in total. The fourth-order valence-electron chi connectivity index (χ4n) is 1.47. The molecular formula is C12H13BrN4. The van der Waals surface area contributed by atoms with Gasteiger partial charge in [0.25, 0.3) is 0 Å². The highest BCUT2D eigenvalue weighted by Gasteiger charge is 2.05. The van der Waals surface area contributed by atoms with Crippen molar-refractivity contribution in [1.29, 1.82) is 0 Å². The topological polar surface area (TPSA) is 63.8 Å². The van der Waals surface area contributed by atoms with Gasteiger partial charge in [-0.05, 0) is 24.6 Å². The highest BCUT2D eigenvalue weighted by molar-refractivity contribution is 9.10. The number of nitrogens with two attached hydrogens (primary N) is 1. The summed E-state index contributed by atoms with van der Waals surface area (Å²) in [5.41, 5.74) is 6.67. The first-order valence-electron chi connectivity index (χ1n) is 5.24. The minimum Gasteiger partial charge on any atom is -0.382 e. The van der Waals surface area contributed by atoms with Gasteiger partial charge in [-0.2, -0.15) is 0 Å². The molecule has 1 unspecified atom stereocenters. The molecule has 5 heteroatoms. The monoisotopic (exact) mass is 292 g/mol. The summed E-state index contributed by atoms with van der Waals surface area (Å²) in [6.45, 7) is 2.07. The molecule has 0 aliphatic rings. The van der Waals surface area contributed by atoms with Crippen molar-refractivity contribution in [3.05, 3.63) is 46.7 Å². The summed E-state index contributed by atoms with van der Waals surface area (Å²) in [6, 6.07) is 8.32. The molecule has 1 atom stereocenters. The van der Waals surface area contributed by atoms with Crippen LogP contribution in [0.2, 0.25) is 0 Å². The zero-order valence-electron chi connectivity index (χ0n) is 9.39. The molecule has 88 valence electrons. The molecule has 17 heavy (non-hydrogen) atoms. The molecule has 0 radical (unpaired) electrons. The average molecular weight is 293 g/mol. The number of aromatic nitrogens is 2. The van der Waals surface area contributed by atoms with E-state index in [9.17, 15) is 0 Å². The lowest BCUT2D eigenvalue weighted by Crippen LogP contribution is -2.08. The standard InChI is InChI=1S/C12H13BrN4/c1-8(9-2-4-10(13)5-3-9)17-12-7-15-11(14)6-16-12/h2-8H,1H3,(H2,14,15)(H,16,17). The van der Waals surface area contributed by atoms with Crippen molar-refractivity contribution in [3.8, 4) is 0 Å². The Morgan fingerprint density at radius 3 is 2.47 bits per heavy atom. The van der Waals surface area contributed by atoms with Crippen molar-refractivity contribution in [2.45, 2.75) is 13.0 Å². The van der Waals surface area contributed by atoms with Gasteiger partial charge in [0.15, 0.2) is 0 Å². The number of hydrogen-bond donors (Lipinski definition) is 2. The van der Waals surface area contributed by atoms with E-state index in [4.69, 9.17) is 5.73 Å². The number of rotatable bonds is 3. The highest BCUT2D eigenvalue weighted by Crippen LogP contribution is 2.19. The minimum absolute atomic E-state index is 0.168. The first-order valence-corrected chi connectivity index (χ1v) is 6.04. The third-order valence-electron chi connectivity index (χ3n) is 2.41. The Kier molecular flexibility index (Phi) is 3.58. The first-order chi connectivity index (χ1) is 8.15. The zero-order valence-corrected chi connectivity index (χ0v) is 11.0. The number of nitrogen functional groups attached to an aromatic ring is 1. The molecule has 2 rings (SSSR count). The minimum atomic E-state index is 0.168. The summed E-state index contributed by atoms with van der Waals surface area (Å²) in [7, 11) is 0. The second-order valence-electron chi connectivity index (χ2n) is 3.74. The molecule has 0 amide bonds. The van der Waals surface area contributed by atoms with Crippen molar-refractivity contribution in [2.24, 2.45) is 0 Å². The van der Waals surface area contributed by atoms with E-state index in [2.05, 4.69) is 50.3 Å². The number of hydrogen-bond acceptors (Lipinski definition) is 4. The van der Waals surface area contributed by atoms with E-state index < -0.39 is 0 Å². The van der Waals surface area contributed by atoms with Crippen molar-refractivity contribution in [2.75, 3.05) is 11.1 Å². The number of halogens is 1. The van der Waals surface area contributed by atoms with Crippen LogP contribution >= 0.6 is 15.9 Å². The van der Waals surface area contributed by atoms with Gasteiger partial charge in [-0.15, -0.1) is 0 Å². The molecule has 0 spiro atoms. The maximum absolute atomic E-state index is 5.48. The summed E-state index contributed by atoms with van der Waals surface area (Å²) in [6.07, 6.45) is 3.17. The van der Waals surface area contributed by atoms with Gasteiger partial charge in [0.2, 0.25) is 0 Å². The Hall–Kier alpha value is -1.62. The van der Waals surface area contributed by atoms with E-state index in [1.165, 1.54) is 11.8 Å². The fraction of sp³-hybridized carbons (Fsp3) is 0.167. The van der Waals surface area contributed by atoms with Crippen LogP contribution in [0.25, 0.3) is 0 Å². The molecule has 4 nitrogen and oxygen atoms in total. The summed E-state index contributed by atoms with van der Waals surface area (Å²) >= 11 is 3.41. The number of anilines is 2. The lowest BCUT2D eigenvalue weighted by Gasteiger charge is -2.14. The van der Waals surface area contributed by atoms with Crippen LogP contribution in [-0.4, -0.2) is 9.97 Å². The predicted molar refractivity (Wildman–Crippen MR) is 72.6 cm³/mol. The normalized spacial score (nSPS) is 12.1. The van der Waals surface area contributed by atoms with Crippen LogP contribution in [0.4, 0.5) is 11.6 Å². The van der Waals surface area contributed by atoms with Gasteiger partial charge in [0.1, 0.15) is 11.6 Å². The van der Waals surface area contributed by atoms with E-state index >= 15 is 0 Å². The largest absolute Gasteiger partial charge is 0.382 e. The van der Waals surface area contributed by atoms with Gasteiger partial charge in [0.05, 0.1) is 12.4 Å². The Morgan fingerprint density at radius 1 is 1.18 bits per heavy atom. The van der Waals surface area contributed by atoms with Gasteiger partial charge in [0, 0.05) is 10.5 Å². The van der Waals surface area contributed by atoms with Crippen molar-refractivity contribution >= 4 is 27.6 Å². The summed E-state index contributed by atoms with van der Waals surface area (Å²) < 4.78 is 1.07. The van der Waals surface area contributed by atoms with Crippen LogP contribution in [0, 0.1) is 0 Å². The predicted octanol–water partition coefficient (Wildman–Crippen LogP) is 2.99. The second kappa shape index (κ2) is 5.14. The van der Waals surface area contributed by atoms with E-state index in [1.807, 2.05) is 12.1 Å². The molecular weight excluding hydrogens is 280 g/mol. The molecule has 0 bridgehead atoms. The molecule has 0 saturated carbocycles. The van der Waals surface area contributed by atoms with Crippen molar-refractivity contribution in [1.82, 2.24) is 9.97 Å². The van der Waals surface area contributed by atoms with E-state index in [1.54, 1.807) is 6.20 Å². The average Bonchev–Trinajstić information content (AvgIpc) is 2.33. The number of nitrogens with one attached hydrogen (secondary N) is 1. The Morgan fingerprint density at radius 2 is 1.88 bits per heavy atom. The van der Waals surface area contributed by atoms with Crippen LogP contribution in [0.1, 0.15) is 18.5 Å². The number of benzene rings is 1. The maximum atomic E-state index is 5.48. The zero-order chi connectivity index (χ0) is 12.3. The van der Waals surface area contributed by atoms with Crippen LogP contribution in [0.3, 0.4) is 0 Å². The third kappa shape index (κ3) is 3.17. The highest BCUT2D eigenvalue weighted by atomic mass is 79.9. The maximum Gasteiger partial charge on any atom is 0.145 e. The number of nitrogens with zero attached hydrogens (tertiary/aromatic N) is 2. The molecule has 0 aliphatic heterocycles. The Labute approximate surface area is 108 Å². The second-order valence-corrected chi connectivity index (χ2v) is 4.66. The Bertz CT molecular complexity index is 481. The molecule has 0 aliphatic carbocycles. The smallest absolute Gasteiger partial charge is 0.145 e. The lowest BCUT2D eigenvalue weighted by atomic mass is 10.1. The van der Waals surface area contributed by atoms with Gasteiger partial charge in [-0.3, -0.25) is 0 Å². The SMILES string of the molecule is CC(Nc1cnc(N)cn1)c1ccc(Br)cc1. The van der Waals surface area contributed by atoms with E-state index in [0.29, 0.717) is 5.82 Å². The summed E-state index contributed by atoms with van der Waals surface area (Å²) in [5.74, 6) is 1.14. The van der Waals surface area contributed by atoms with Crippen LogP contribution in [0.15, 0.2) is 41.1 Å². The lowest BCUT2D eigenvalue weighted by molar-refractivity contribution is 0.871. The third-order valence-corrected chi connectivity index (χ3v) is 2.93.